The molecule has 0 fully saturated rings. The van der Waals surface area contributed by atoms with Crippen LogP contribution >= 0.6 is 0 Å². The normalized spacial score (nSPS) is 17.6. The molecule has 3 rings (SSSR count). The number of rotatable bonds is 6. The third-order valence-electron chi connectivity index (χ3n) is 5.75. The smallest absolute Gasteiger partial charge is 0.417 e. The molecule has 10 heteroatoms. The summed E-state index contributed by atoms with van der Waals surface area (Å²) in [7, 11) is 2.95. The Hall–Kier alpha value is -3.43. The van der Waals surface area contributed by atoms with Gasteiger partial charge in [-0.1, -0.05) is 12.1 Å². The molecule has 184 valence electrons. The van der Waals surface area contributed by atoms with Crippen LogP contribution < -0.4 is 19.7 Å². The summed E-state index contributed by atoms with van der Waals surface area (Å²) in [4.78, 5) is 26.9. The first-order chi connectivity index (χ1) is 16.1. The van der Waals surface area contributed by atoms with Crippen LogP contribution in [0.15, 0.2) is 36.4 Å². The van der Waals surface area contributed by atoms with Crippen LogP contribution in [0.4, 0.5) is 23.7 Å². The second-order valence-electron chi connectivity index (χ2n) is 7.87. The SMILES string of the molecule is CCOC(=O)N1c2cc(OC)c(OC)cc2C(CNC(=O)c2ccccc2C(F)(F)F)CC1C. The Labute approximate surface area is 195 Å². The maximum absolute atomic E-state index is 13.3. The molecule has 2 amide bonds. The van der Waals surface area contributed by atoms with Crippen LogP contribution in [0.2, 0.25) is 0 Å². The summed E-state index contributed by atoms with van der Waals surface area (Å²) in [5.74, 6) is -0.280. The van der Waals surface area contributed by atoms with Crippen molar-refractivity contribution in [2.75, 3.05) is 32.3 Å². The quantitative estimate of drug-likeness (QED) is 0.630. The standard InChI is InChI=1S/C24H27F3N2O5/c1-5-34-23(31)29-14(2)10-15(17-11-20(32-3)21(33-4)12-19(17)29)13-28-22(30)16-8-6-7-9-18(16)24(25,26)27/h6-9,11-12,14-15H,5,10,13H2,1-4H3,(H,28,30). The molecule has 0 saturated carbocycles. The summed E-state index contributed by atoms with van der Waals surface area (Å²) in [6.07, 6.45) is -4.73. The molecule has 1 N–H and O–H groups in total. The number of carbonyl (C=O) groups is 2. The van der Waals surface area contributed by atoms with Crippen molar-refractivity contribution in [2.24, 2.45) is 0 Å². The molecule has 1 aliphatic heterocycles. The number of hydrogen-bond acceptors (Lipinski definition) is 5. The number of hydrogen-bond donors (Lipinski definition) is 1. The fourth-order valence-corrected chi connectivity index (χ4v) is 4.21. The van der Waals surface area contributed by atoms with Gasteiger partial charge in [0, 0.05) is 24.6 Å². The number of carbonyl (C=O) groups excluding carboxylic acids is 2. The first-order valence-electron chi connectivity index (χ1n) is 10.8. The Morgan fingerprint density at radius 1 is 1.12 bits per heavy atom. The molecular formula is C24H27F3N2O5. The van der Waals surface area contributed by atoms with Crippen molar-refractivity contribution < 1.29 is 37.0 Å². The van der Waals surface area contributed by atoms with E-state index in [9.17, 15) is 22.8 Å². The van der Waals surface area contributed by atoms with Gasteiger partial charge in [-0.05, 0) is 44.0 Å². The van der Waals surface area contributed by atoms with Crippen molar-refractivity contribution >= 4 is 17.7 Å². The number of alkyl halides is 3. The molecule has 2 atom stereocenters. The molecule has 2 unspecified atom stereocenters. The van der Waals surface area contributed by atoms with Crippen LogP contribution in [-0.2, 0) is 10.9 Å². The number of anilines is 1. The zero-order valence-electron chi connectivity index (χ0n) is 19.4. The van der Waals surface area contributed by atoms with E-state index in [1.807, 2.05) is 6.92 Å². The van der Waals surface area contributed by atoms with Crippen LogP contribution in [0, 0.1) is 0 Å². The summed E-state index contributed by atoms with van der Waals surface area (Å²) in [6, 6.07) is 7.72. The molecule has 0 spiro atoms. The Bertz CT molecular complexity index is 1060. The lowest BCUT2D eigenvalue weighted by atomic mass is 9.85. The lowest BCUT2D eigenvalue weighted by Crippen LogP contribution is -2.45. The maximum Gasteiger partial charge on any atom is 0.417 e. The second kappa shape index (κ2) is 10.2. The van der Waals surface area contributed by atoms with Crippen molar-refractivity contribution in [2.45, 2.75) is 38.4 Å². The molecule has 0 saturated heterocycles. The Morgan fingerprint density at radius 2 is 1.76 bits per heavy atom. The van der Waals surface area contributed by atoms with E-state index in [1.165, 1.54) is 31.3 Å². The van der Waals surface area contributed by atoms with E-state index in [4.69, 9.17) is 14.2 Å². The number of nitrogens with one attached hydrogen (secondary N) is 1. The van der Waals surface area contributed by atoms with Crippen LogP contribution in [0.25, 0.3) is 0 Å². The van der Waals surface area contributed by atoms with Crippen LogP contribution in [0.3, 0.4) is 0 Å². The Balaban J connectivity index is 1.94. The van der Waals surface area contributed by atoms with Gasteiger partial charge in [-0.2, -0.15) is 13.2 Å². The van der Waals surface area contributed by atoms with Gasteiger partial charge in [-0.3, -0.25) is 9.69 Å². The third kappa shape index (κ3) is 5.05. The van der Waals surface area contributed by atoms with Crippen LogP contribution in [0.1, 0.15) is 47.7 Å². The highest BCUT2D eigenvalue weighted by molar-refractivity contribution is 5.96. The highest BCUT2D eigenvalue weighted by Gasteiger charge is 2.37. The van der Waals surface area contributed by atoms with Gasteiger partial charge in [-0.15, -0.1) is 0 Å². The molecule has 2 aromatic carbocycles. The van der Waals surface area contributed by atoms with Crippen molar-refractivity contribution in [1.29, 1.82) is 0 Å². The zero-order chi connectivity index (χ0) is 25.0. The van der Waals surface area contributed by atoms with Gasteiger partial charge in [-0.25, -0.2) is 4.79 Å². The number of fused-ring (bicyclic) bond motifs is 1. The average Bonchev–Trinajstić information content (AvgIpc) is 2.80. The molecule has 0 aliphatic carbocycles. The molecule has 0 bridgehead atoms. The lowest BCUT2D eigenvalue weighted by molar-refractivity contribution is -0.137. The molecule has 0 aromatic heterocycles. The van der Waals surface area contributed by atoms with E-state index in [-0.39, 0.29) is 25.1 Å². The number of methoxy groups -OCH3 is 2. The van der Waals surface area contributed by atoms with Gasteiger partial charge in [0.05, 0.1) is 37.6 Å². The van der Waals surface area contributed by atoms with E-state index in [0.717, 1.165) is 12.1 Å². The first kappa shape index (κ1) is 25.2. The summed E-state index contributed by atoms with van der Waals surface area (Å²) >= 11 is 0. The molecule has 0 radical (unpaired) electrons. The van der Waals surface area contributed by atoms with Gasteiger partial charge in [0.2, 0.25) is 0 Å². The number of amides is 2. The Morgan fingerprint density at radius 3 is 2.38 bits per heavy atom. The van der Waals surface area contributed by atoms with Crippen molar-refractivity contribution in [3.8, 4) is 11.5 Å². The molecule has 7 nitrogen and oxygen atoms in total. The largest absolute Gasteiger partial charge is 0.493 e. The predicted octanol–water partition coefficient (Wildman–Crippen LogP) is 4.99. The Kier molecular flexibility index (Phi) is 7.58. The van der Waals surface area contributed by atoms with E-state index >= 15 is 0 Å². The van der Waals surface area contributed by atoms with E-state index in [1.54, 1.807) is 19.1 Å². The van der Waals surface area contributed by atoms with E-state index < -0.39 is 29.3 Å². The van der Waals surface area contributed by atoms with Crippen molar-refractivity contribution in [1.82, 2.24) is 5.32 Å². The first-order valence-corrected chi connectivity index (χ1v) is 10.8. The van der Waals surface area contributed by atoms with Crippen LogP contribution in [0.5, 0.6) is 11.5 Å². The van der Waals surface area contributed by atoms with Gasteiger partial charge >= 0.3 is 12.3 Å². The topological polar surface area (TPSA) is 77.1 Å². The summed E-state index contributed by atoms with van der Waals surface area (Å²) in [5.41, 5.74) is -0.220. The molecule has 1 aliphatic rings. The van der Waals surface area contributed by atoms with E-state index in [0.29, 0.717) is 29.2 Å². The van der Waals surface area contributed by atoms with Gasteiger partial charge in [0.1, 0.15) is 0 Å². The molecule has 2 aromatic rings. The van der Waals surface area contributed by atoms with Crippen molar-refractivity contribution in [3.63, 3.8) is 0 Å². The highest BCUT2D eigenvalue weighted by Crippen LogP contribution is 2.44. The maximum atomic E-state index is 13.3. The predicted molar refractivity (Wildman–Crippen MR) is 120 cm³/mol. The number of benzene rings is 2. The van der Waals surface area contributed by atoms with Gasteiger partial charge < -0.3 is 19.5 Å². The summed E-state index contributed by atoms with van der Waals surface area (Å²) < 4.78 is 56.0. The monoisotopic (exact) mass is 480 g/mol. The minimum atomic E-state index is -4.65. The van der Waals surface area contributed by atoms with Crippen LogP contribution in [-0.4, -0.2) is 45.4 Å². The minimum absolute atomic E-state index is 0.0640. The third-order valence-corrected chi connectivity index (χ3v) is 5.75. The van der Waals surface area contributed by atoms with Gasteiger partial charge in [0.15, 0.2) is 11.5 Å². The average molecular weight is 480 g/mol. The molecular weight excluding hydrogens is 453 g/mol. The van der Waals surface area contributed by atoms with E-state index in [2.05, 4.69) is 5.32 Å². The highest BCUT2D eigenvalue weighted by atomic mass is 19.4. The number of ether oxygens (including phenoxy) is 3. The lowest BCUT2D eigenvalue weighted by Gasteiger charge is -2.39. The molecule has 1 heterocycles. The van der Waals surface area contributed by atoms with Crippen molar-refractivity contribution in [3.05, 3.63) is 53.1 Å². The zero-order valence-corrected chi connectivity index (χ0v) is 19.4. The second-order valence-corrected chi connectivity index (χ2v) is 7.87. The fourth-order valence-electron chi connectivity index (χ4n) is 4.21. The number of nitrogens with zero attached hydrogens (tertiary/aromatic N) is 1. The number of halogens is 3. The summed E-state index contributed by atoms with van der Waals surface area (Å²) in [6.45, 7) is 3.81. The fraction of sp³-hybridized carbons (Fsp3) is 0.417. The molecule has 34 heavy (non-hydrogen) atoms. The summed E-state index contributed by atoms with van der Waals surface area (Å²) in [5, 5.41) is 2.63. The minimum Gasteiger partial charge on any atom is -0.493 e. The van der Waals surface area contributed by atoms with Gasteiger partial charge in [0.25, 0.3) is 5.91 Å².